The second-order valence-corrected chi connectivity index (χ2v) is 7.37. The Morgan fingerprint density at radius 3 is 2.26 bits per heavy atom. The van der Waals surface area contributed by atoms with E-state index in [4.69, 9.17) is 9.47 Å². The monoisotopic (exact) mass is 373 g/mol. The van der Waals surface area contributed by atoms with E-state index in [2.05, 4.69) is 4.90 Å². The molecule has 2 saturated heterocycles. The van der Waals surface area contributed by atoms with Gasteiger partial charge in [0.1, 0.15) is 0 Å². The summed E-state index contributed by atoms with van der Waals surface area (Å²) < 4.78 is 11.3. The predicted octanol–water partition coefficient (Wildman–Crippen LogP) is 1.23. The molecule has 3 heterocycles. The Hall–Kier alpha value is -2.28. The number of hydrogen-bond acceptors (Lipinski definition) is 5. The second-order valence-electron chi connectivity index (χ2n) is 7.37. The molecule has 7 nitrogen and oxygen atoms in total. The van der Waals surface area contributed by atoms with Crippen molar-refractivity contribution >= 4 is 11.8 Å². The highest BCUT2D eigenvalue weighted by Crippen LogP contribution is 2.30. The summed E-state index contributed by atoms with van der Waals surface area (Å²) in [6.45, 7) is 6.23. The Morgan fingerprint density at radius 1 is 0.815 bits per heavy atom. The van der Waals surface area contributed by atoms with Crippen molar-refractivity contribution in [2.24, 2.45) is 0 Å². The lowest BCUT2D eigenvalue weighted by atomic mass is 10.1. The molecular weight excluding hydrogens is 346 g/mol. The molecule has 3 aliphatic heterocycles. The quantitative estimate of drug-likeness (QED) is 0.798. The van der Waals surface area contributed by atoms with Gasteiger partial charge in [0.15, 0.2) is 11.5 Å². The molecule has 0 aliphatic carbocycles. The molecule has 0 spiro atoms. The molecule has 0 atom stereocenters. The Labute approximate surface area is 159 Å². The molecule has 3 aliphatic rings. The van der Waals surface area contributed by atoms with Crippen LogP contribution in [-0.4, -0.2) is 85.5 Å². The summed E-state index contributed by atoms with van der Waals surface area (Å²) in [6.07, 6.45) is 3.07. The molecule has 0 aromatic heterocycles. The van der Waals surface area contributed by atoms with Crippen molar-refractivity contribution in [2.45, 2.75) is 19.3 Å². The first kappa shape index (κ1) is 18.1. The minimum atomic E-state index is 0.0103. The number of carbonyl (C=O) groups is 2. The predicted molar refractivity (Wildman–Crippen MR) is 100 cm³/mol. The van der Waals surface area contributed by atoms with Gasteiger partial charge in [-0.25, -0.2) is 0 Å². The maximum absolute atomic E-state index is 12.8. The normalized spacial score (nSPS) is 20.4. The average Bonchev–Trinajstić information content (AvgIpc) is 3.14. The third-order valence-electron chi connectivity index (χ3n) is 5.47. The second kappa shape index (κ2) is 8.17. The summed E-state index contributed by atoms with van der Waals surface area (Å²) >= 11 is 0. The summed E-state index contributed by atoms with van der Waals surface area (Å²) in [5.74, 6) is 1.58. The number of fused-ring (bicyclic) bond motifs is 1. The Morgan fingerprint density at radius 2 is 1.52 bits per heavy atom. The van der Waals surface area contributed by atoms with Gasteiger partial charge < -0.3 is 19.3 Å². The van der Waals surface area contributed by atoms with Crippen molar-refractivity contribution < 1.29 is 19.1 Å². The minimum Gasteiger partial charge on any atom is -0.490 e. The first-order valence-corrected chi connectivity index (χ1v) is 9.90. The molecule has 2 amide bonds. The van der Waals surface area contributed by atoms with Crippen LogP contribution in [0.2, 0.25) is 0 Å². The van der Waals surface area contributed by atoms with E-state index in [-0.39, 0.29) is 11.8 Å². The molecular formula is C20H27N3O4. The standard InChI is InChI=1S/C20H27N3O4/c24-19(22-6-1-2-7-22)15-21-8-10-23(11-9-21)20(25)16-4-5-17-18(14-16)27-13-3-12-26-17/h4-5,14H,1-3,6-13,15H2. The van der Waals surface area contributed by atoms with E-state index in [0.29, 0.717) is 49.9 Å². The van der Waals surface area contributed by atoms with Crippen LogP contribution in [0.15, 0.2) is 18.2 Å². The zero-order chi connectivity index (χ0) is 18.6. The van der Waals surface area contributed by atoms with E-state index in [1.54, 1.807) is 12.1 Å². The van der Waals surface area contributed by atoms with Crippen LogP contribution in [0.4, 0.5) is 0 Å². The Kier molecular flexibility index (Phi) is 5.48. The number of rotatable bonds is 3. The van der Waals surface area contributed by atoms with Crippen LogP contribution in [0, 0.1) is 0 Å². The van der Waals surface area contributed by atoms with Gasteiger partial charge in [-0.15, -0.1) is 0 Å². The van der Waals surface area contributed by atoms with Crippen LogP contribution >= 0.6 is 0 Å². The number of benzene rings is 1. The first-order valence-electron chi connectivity index (χ1n) is 9.90. The highest BCUT2D eigenvalue weighted by molar-refractivity contribution is 5.95. The van der Waals surface area contributed by atoms with Gasteiger partial charge in [-0.1, -0.05) is 0 Å². The van der Waals surface area contributed by atoms with E-state index >= 15 is 0 Å². The van der Waals surface area contributed by atoms with E-state index in [1.807, 2.05) is 15.9 Å². The molecule has 0 saturated carbocycles. The van der Waals surface area contributed by atoms with Crippen LogP contribution in [0.3, 0.4) is 0 Å². The Bertz CT molecular complexity index is 694. The van der Waals surface area contributed by atoms with Crippen molar-refractivity contribution in [1.29, 1.82) is 0 Å². The van der Waals surface area contributed by atoms with Crippen molar-refractivity contribution in [3.63, 3.8) is 0 Å². The number of hydrogen-bond donors (Lipinski definition) is 0. The van der Waals surface area contributed by atoms with Gasteiger partial charge in [-0.2, -0.15) is 0 Å². The van der Waals surface area contributed by atoms with Gasteiger partial charge in [0, 0.05) is 51.3 Å². The summed E-state index contributed by atoms with van der Waals surface area (Å²) in [5, 5.41) is 0. The number of piperazine rings is 1. The van der Waals surface area contributed by atoms with E-state index in [1.165, 1.54) is 0 Å². The number of ether oxygens (including phenoxy) is 2. The molecule has 27 heavy (non-hydrogen) atoms. The Balaban J connectivity index is 1.32. The van der Waals surface area contributed by atoms with E-state index < -0.39 is 0 Å². The molecule has 0 bridgehead atoms. The summed E-state index contributed by atoms with van der Waals surface area (Å²) in [4.78, 5) is 31.1. The number of amides is 2. The van der Waals surface area contributed by atoms with Gasteiger partial charge in [0.25, 0.3) is 5.91 Å². The van der Waals surface area contributed by atoms with Gasteiger partial charge in [-0.05, 0) is 31.0 Å². The molecule has 1 aromatic rings. The van der Waals surface area contributed by atoms with Gasteiger partial charge in [0.05, 0.1) is 19.8 Å². The SMILES string of the molecule is O=C(CN1CCN(C(=O)c2ccc3c(c2)OCCCO3)CC1)N1CCCC1. The lowest BCUT2D eigenvalue weighted by Gasteiger charge is -2.35. The zero-order valence-corrected chi connectivity index (χ0v) is 15.7. The van der Waals surface area contributed by atoms with E-state index in [9.17, 15) is 9.59 Å². The largest absolute Gasteiger partial charge is 0.490 e. The van der Waals surface area contributed by atoms with Gasteiger partial charge in [-0.3, -0.25) is 14.5 Å². The molecule has 0 N–H and O–H groups in total. The third-order valence-corrected chi connectivity index (χ3v) is 5.47. The van der Waals surface area contributed by atoms with Crippen LogP contribution in [-0.2, 0) is 4.79 Å². The van der Waals surface area contributed by atoms with E-state index in [0.717, 1.165) is 45.4 Å². The summed E-state index contributed by atoms with van der Waals surface area (Å²) in [7, 11) is 0. The molecule has 7 heteroatoms. The van der Waals surface area contributed by atoms with Crippen molar-refractivity contribution in [1.82, 2.24) is 14.7 Å². The maximum Gasteiger partial charge on any atom is 0.254 e. The first-order chi connectivity index (χ1) is 13.2. The number of carbonyl (C=O) groups excluding carboxylic acids is 2. The fraction of sp³-hybridized carbons (Fsp3) is 0.600. The van der Waals surface area contributed by atoms with Crippen molar-refractivity contribution in [3.8, 4) is 11.5 Å². The highest BCUT2D eigenvalue weighted by atomic mass is 16.5. The lowest BCUT2D eigenvalue weighted by Crippen LogP contribution is -2.51. The van der Waals surface area contributed by atoms with Crippen LogP contribution in [0.5, 0.6) is 11.5 Å². The fourth-order valence-electron chi connectivity index (χ4n) is 3.85. The third kappa shape index (κ3) is 4.18. The summed E-state index contributed by atoms with van der Waals surface area (Å²) in [6, 6.07) is 5.41. The molecule has 146 valence electrons. The maximum atomic E-state index is 12.8. The smallest absolute Gasteiger partial charge is 0.254 e. The van der Waals surface area contributed by atoms with Crippen LogP contribution in [0.1, 0.15) is 29.6 Å². The van der Waals surface area contributed by atoms with Crippen molar-refractivity contribution in [3.05, 3.63) is 23.8 Å². The van der Waals surface area contributed by atoms with Gasteiger partial charge >= 0.3 is 0 Å². The summed E-state index contributed by atoms with van der Waals surface area (Å²) in [5.41, 5.74) is 0.626. The lowest BCUT2D eigenvalue weighted by molar-refractivity contribution is -0.131. The fourth-order valence-corrected chi connectivity index (χ4v) is 3.85. The molecule has 0 radical (unpaired) electrons. The number of nitrogens with zero attached hydrogens (tertiary/aromatic N) is 3. The molecule has 4 rings (SSSR count). The average molecular weight is 373 g/mol. The minimum absolute atomic E-state index is 0.0103. The zero-order valence-electron chi connectivity index (χ0n) is 15.7. The van der Waals surface area contributed by atoms with Gasteiger partial charge in [0.2, 0.25) is 5.91 Å². The van der Waals surface area contributed by atoms with Crippen LogP contribution < -0.4 is 9.47 Å². The van der Waals surface area contributed by atoms with Crippen molar-refractivity contribution in [2.75, 3.05) is 59.0 Å². The topological polar surface area (TPSA) is 62.3 Å². The molecule has 1 aromatic carbocycles. The number of likely N-dealkylation sites (tertiary alicyclic amines) is 1. The molecule has 2 fully saturated rings. The van der Waals surface area contributed by atoms with Crippen LogP contribution in [0.25, 0.3) is 0 Å². The highest BCUT2D eigenvalue weighted by Gasteiger charge is 2.26. The molecule has 0 unspecified atom stereocenters.